The third-order valence-corrected chi connectivity index (χ3v) is 7.22. The van der Waals surface area contributed by atoms with Crippen LogP contribution in [0.1, 0.15) is 38.1 Å². The lowest BCUT2D eigenvalue weighted by Crippen LogP contribution is -2.23. The number of hydrogen-bond donors (Lipinski definition) is 1. The van der Waals surface area contributed by atoms with Gasteiger partial charge in [0.15, 0.2) is 0 Å². The SMILES string of the molecule is CCOC(=O)c1sc(N)c(C#N)c1COC(=O)c1ccc(Cl)c(S(=O)(=O)N(C)C)c1. The summed E-state index contributed by atoms with van der Waals surface area (Å²) in [6.07, 6.45) is 0. The molecule has 0 spiro atoms. The highest BCUT2D eigenvalue weighted by Gasteiger charge is 2.26. The number of halogens is 1. The fraction of sp³-hybridized carbons (Fsp3) is 0.278. The van der Waals surface area contributed by atoms with Gasteiger partial charge in [-0.3, -0.25) is 0 Å². The minimum atomic E-state index is -3.89. The second-order valence-electron chi connectivity index (χ2n) is 5.99. The Balaban J connectivity index is 2.33. The van der Waals surface area contributed by atoms with E-state index in [-0.39, 0.29) is 43.1 Å². The van der Waals surface area contributed by atoms with Crippen LogP contribution in [0.3, 0.4) is 0 Å². The first-order valence-electron chi connectivity index (χ1n) is 8.42. The zero-order valence-corrected chi connectivity index (χ0v) is 18.7. The average molecular weight is 472 g/mol. The van der Waals surface area contributed by atoms with Gasteiger partial charge < -0.3 is 15.2 Å². The van der Waals surface area contributed by atoms with Crippen molar-refractivity contribution in [1.82, 2.24) is 4.31 Å². The molecule has 0 saturated heterocycles. The molecule has 0 aliphatic carbocycles. The first-order valence-corrected chi connectivity index (χ1v) is 11.1. The lowest BCUT2D eigenvalue weighted by Gasteiger charge is -2.13. The van der Waals surface area contributed by atoms with Gasteiger partial charge in [0.05, 0.1) is 22.8 Å². The Morgan fingerprint density at radius 1 is 1.27 bits per heavy atom. The molecule has 0 aliphatic rings. The average Bonchev–Trinajstić information content (AvgIpc) is 3.01. The molecule has 12 heteroatoms. The quantitative estimate of drug-likeness (QED) is 0.607. The number of nitriles is 1. The molecule has 1 aromatic carbocycles. The van der Waals surface area contributed by atoms with Crippen molar-refractivity contribution >= 4 is 49.9 Å². The second-order valence-corrected chi connectivity index (χ2v) is 9.57. The van der Waals surface area contributed by atoms with Crippen molar-refractivity contribution in [3.8, 4) is 6.07 Å². The minimum Gasteiger partial charge on any atom is -0.462 e. The maximum absolute atomic E-state index is 12.5. The van der Waals surface area contributed by atoms with Crippen molar-refractivity contribution in [3.05, 3.63) is 44.8 Å². The fourth-order valence-electron chi connectivity index (χ4n) is 2.35. The molecule has 0 fully saturated rings. The van der Waals surface area contributed by atoms with Crippen LogP contribution in [0, 0.1) is 11.3 Å². The Bertz CT molecular complexity index is 1140. The van der Waals surface area contributed by atoms with Crippen LogP contribution in [0.25, 0.3) is 0 Å². The molecule has 2 rings (SSSR count). The molecule has 9 nitrogen and oxygen atoms in total. The van der Waals surface area contributed by atoms with Crippen molar-refractivity contribution in [2.24, 2.45) is 0 Å². The van der Waals surface area contributed by atoms with Crippen LogP contribution >= 0.6 is 22.9 Å². The summed E-state index contributed by atoms with van der Waals surface area (Å²) in [7, 11) is -1.23. The molecule has 2 aromatic rings. The number of nitrogens with two attached hydrogens (primary N) is 1. The number of nitrogen functional groups attached to an aromatic ring is 1. The third kappa shape index (κ3) is 4.73. The molecule has 0 unspecified atom stereocenters. The van der Waals surface area contributed by atoms with E-state index in [4.69, 9.17) is 26.8 Å². The van der Waals surface area contributed by atoms with E-state index in [0.29, 0.717) is 0 Å². The molecule has 0 amide bonds. The molecule has 0 radical (unpaired) electrons. The van der Waals surface area contributed by atoms with Gasteiger partial charge in [-0.15, -0.1) is 11.3 Å². The first-order chi connectivity index (χ1) is 14.0. The number of anilines is 1. The lowest BCUT2D eigenvalue weighted by atomic mass is 10.1. The monoisotopic (exact) mass is 471 g/mol. The molecule has 30 heavy (non-hydrogen) atoms. The molecular weight excluding hydrogens is 454 g/mol. The Morgan fingerprint density at radius 2 is 1.93 bits per heavy atom. The largest absolute Gasteiger partial charge is 0.462 e. The predicted octanol–water partition coefficient (Wildman–Crippen LogP) is 2.64. The molecule has 1 heterocycles. The minimum absolute atomic E-state index is 0.0165. The number of hydrogen-bond acceptors (Lipinski definition) is 9. The van der Waals surface area contributed by atoms with Crippen LogP contribution in [-0.4, -0.2) is 45.4 Å². The molecule has 0 atom stereocenters. The number of benzene rings is 1. The highest BCUT2D eigenvalue weighted by Crippen LogP contribution is 2.32. The van der Waals surface area contributed by atoms with E-state index in [1.54, 1.807) is 6.92 Å². The van der Waals surface area contributed by atoms with E-state index in [1.165, 1.54) is 26.2 Å². The highest BCUT2D eigenvalue weighted by molar-refractivity contribution is 7.89. The van der Waals surface area contributed by atoms with E-state index in [0.717, 1.165) is 21.7 Å². The van der Waals surface area contributed by atoms with Crippen LogP contribution in [0.2, 0.25) is 5.02 Å². The topological polar surface area (TPSA) is 140 Å². The van der Waals surface area contributed by atoms with Gasteiger partial charge in [-0.1, -0.05) is 11.6 Å². The van der Waals surface area contributed by atoms with Gasteiger partial charge in [0, 0.05) is 19.7 Å². The smallest absolute Gasteiger partial charge is 0.348 e. The molecule has 0 bridgehead atoms. The van der Waals surface area contributed by atoms with E-state index in [1.807, 2.05) is 6.07 Å². The van der Waals surface area contributed by atoms with Crippen molar-refractivity contribution in [1.29, 1.82) is 5.26 Å². The zero-order valence-electron chi connectivity index (χ0n) is 16.3. The van der Waals surface area contributed by atoms with Crippen LogP contribution in [0.4, 0.5) is 5.00 Å². The number of carbonyl (C=O) groups excluding carboxylic acids is 2. The Hall–Kier alpha value is -2.65. The van der Waals surface area contributed by atoms with Gasteiger partial charge >= 0.3 is 11.9 Å². The number of esters is 2. The van der Waals surface area contributed by atoms with E-state index >= 15 is 0 Å². The fourth-order valence-corrected chi connectivity index (χ4v) is 4.66. The maximum Gasteiger partial charge on any atom is 0.348 e. The van der Waals surface area contributed by atoms with E-state index < -0.39 is 28.6 Å². The normalized spacial score (nSPS) is 11.2. The molecule has 2 N–H and O–H groups in total. The number of ether oxygens (including phenoxy) is 2. The Morgan fingerprint density at radius 3 is 2.50 bits per heavy atom. The highest BCUT2D eigenvalue weighted by atomic mass is 35.5. The number of thiophene rings is 1. The van der Waals surface area contributed by atoms with Crippen molar-refractivity contribution in [2.75, 3.05) is 26.4 Å². The van der Waals surface area contributed by atoms with Gasteiger partial charge in [0.1, 0.15) is 27.4 Å². The van der Waals surface area contributed by atoms with E-state index in [2.05, 4.69) is 0 Å². The Labute approximate surface area is 182 Å². The predicted molar refractivity (Wildman–Crippen MR) is 111 cm³/mol. The van der Waals surface area contributed by atoms with Crippen LogP contribution in [0.15, 0.2) is 23.1 Å². The summed E-state index contributed by atoms with van der Waals surface area (Å²) in [5, 5.41) is 9.35. The first kappa shape index (κ1) is 23.6. The van der Waals surface area contributed by atoms with Crippen LogP contribution in [0.5, 0.6) is 0 Å². The van der Waals surface area contributed by atoms with Gasteiger partial charge in [0.25, 0.3) is 0 Å². The summed E-state index contributed by atoms with van der Waals surface area (Å²) in [5.41, 5.74) is 5.85. The lowest BCUT2D eigenvalue weighted by molar-refractivity contribution is 0.0452. The molecule has 1 aromatic heterocycles. The van der Waals surface area contributed by atoms with Crippen molar-refractivity contribution in [2.45, 2.75) is 18.4 Å². The van der Waals surface area contributed by atoms with Gasteiger partial charge in [-0.05, 0) is 25.1 Å². The number of nitrogens with zero attached hydrogens (tertiary/aromatic N) is 2. The van der Waals surface area contributed by atoms with Crippen LogP contribution in [-0.2, 0) is 26.1 Å². The van der Waals surface area contributed by atoms with Crippen LogP contribution < -0.4 is 5.73 Å². The number of carbonyl (C=O) groups is 2. The summed E-state index contributed by atoms with van der Waals surface area (Å²) in [6.45, 7) is 1.31. The molecular formula is C18H18ClN3O6S2. The van der Waals surface area contributed by atoms with Crippen molar-refractivity contribution in [3.63, 3.8) is 0 Å². The zero-order chi connectivity index (χ0) is 22.6. The maximum atomic E-state index is 12.5. The number of rotatable bonds is 7. The van der Waals surface area contributed by atoms with E-state index in [9.17, 15) is 23.3 Å². The summed E-state index contributed by atoms with van der Waals surface area (Å²) < 4.78 is 35.8. The standard InChI is InChI=1S/C18H18ClN3O6S2/c1-4-27-18(24)15-12(11(8-20)16(21)29-15)9-28-17(23)10-5-6-13(19)14(7-10)30(25,26)22(2)3/h5-7H,4,9,21H2,1-3H3. The molecule has 160 valence electrons. The van der Waals surface area contributed by atoms with Crippen molar-refractivity contribution < 1.29 is 27.5 Å². The Kier molecular flexibility index (Phi) is 7.44. The number of sulfonamides is 1. The molecule has 0 aliphatic heterocycles. The summed E-state index contributed by atoms with van der Waals surface area (Å²) in [5.74, 6) is -1.56. The third-order valence-electron chi connectivity index (χ3n) is 3.88. The summed E-state index contributed by atoms with van der Waals surface area (Å²) >= 11 is 6.83. The summed E-state index contributed by atoms with van der Waals surface area (Å²) in [4.78, 5) is 24.4. The summed E-state index contributed by atoms with van der Waals surface area (Å²) in [6, 6.07) is 5.54. The second kappa shape index (κ2) is 9.44. The van der Waals surface area contributed by atoms with Gasteiger partial charge in [-0.25, -0.2) is 22.3 Å². The van der Waals surface area contributed by atoms with Gasteiger partial charge in [-0.2, -0.15) is 5.26 Å². The molecule has 0 saturated carbocycles. The van der Waals surface area contributed by atoms with Gasteiger partial charge in [0.2, 0.25) is 10.0 Å².